The Kier molecular flexibility index (Phi) is 6.87. The standard InChI is InChI=1S/C28H31N3O2/c1-3-30-27(33)28(13-15-31(20-28)26(32)17-23-7-5-14-29-19-23)18-22-6-4-8-25(16-22)24-11-9-21(2)10-12-24/h4-12,14,16,19H,3,13,15,17-18,20H2,1-2H3,(H,30,33). The number of nitrogens with zero attached hydrogens (tertiary/aromatic N) is 2. The number of benzene rings is 2. The van der Waals surface area contributed by atoms with Crippen molar-refractivity contribution in [3.8, 4) is 11.1 Å². The Morgan fingerprint density at radius 3 is 2.55 bits per heavy atom. The van der Waals surface area contributed by atoms with Crippen LogP contribution in [-0.2, 0) is 22.4 Å². The first-order valence-corrected chi connectivity index (χ1v) is 11.6. The molecule has 1 aromatic heterocycles. The normalized spacial score (nSPS) is 17.7. The fourth-order valence-corrected chi connectivity index (χ4v) is 4.63. The van der Waals surface area contributed by atoms with Crippen LogP contribution in [0.4, 0.5) is 0 Å². The summed E-state index contributed by atoms with van der Waals surface area (Å²) in [6.45, 7) is 5.62. The first kappa shape index (κ1) is 22.7. The molecule has 0 bridgehead atoms. The quantitative estimate of drug-likeness (QED) is 0.598. The highest BCUT2D eigenvalue weighted by atomic mass is 16.2. The fraction of sp³-hybridized carbons (Fsp3) is 0.321. The van der Waals surface area contributed by atoms with Crippen molar-refractivity contribution in [1.82, 2.24) is 15.2 Å². The molecule has 5 heteroatoms. The van der Waals surface area contributed by atoms with E-state index in [1.54, 1.807) is 12.4 Å². The number of nitrogens with one attached hydrogen (secondary N) is 1. The predicted molar refractivity (Wildman–Crippen MR) is 131 cm³/mol. The van der Waals surface area contributed by atoms with Crippen molar-refractivity contribution in [2.24, 2.45) is 5.41 Å². The summed E-state index contributed by atoms with van der Waals surface area (Å²) < 4.78 is 0. The number of likely N-dealkylation sites (tertiary alicyclic amines) is 1. The molecule has 3 aromatic rings. The van der Waals surface area contributed by atoms with E-state index < -0.39 is 5.41 Å². The number of hydrogen-bond acceptors (Lipinski definition) is 3. The molecule has 0 spiro atoms. The lowest BCUT2D eigenvalue weighted by molar-refractivity contribution is -0.132. The van der Waals surface area contributed by atoms with Crippen molar-refractivity contribution in [3.63, 3.8) is 0 Å². The summed E-state index contributed by atoms with van der Waals surface area (Å²) in [5.74, 6) is 0.0741. The Labute approximate surface area is 195 Å². The Bertz CT molecular complexity index is 1110. The Morgan fingerprint density at radius 2 is 1.82 bits per heavy atom. The van der Waals surface area contributed by atoms with Crippen LogP contribution in [0, 0.1) is 12.3 Å². The molecule has 0 aliphatic carbocycles. The number of aromatic nitrogens is 1. The van der Waals surface area contributed by atoms with Crippen molar-refractivity contribution < 1.29 is 9.59 Å². The molecule has 0 radical (unpaired) electrons. The largest absolute Gasteiger partial charge is 0.356 e. The molecule has 1 aliphatic heterocycles. The van der Waals surface area contributed by atoms with Crippen LogP contribution in [0.2, 0.25) is 0 Å². The summed E-state index contributed by atoms with van der Waals surface area (Å²) >= 11 is 0. The van der Waals surface area contributed by atoms with Gasteiger partial charge in [-0.25, -0.2) is 0 Å². The van der Waals surface area contributed by atoms with Gasteiger partial charge in [-0.3, -0.25) is 14.6 Å². The number of amides is 2. The van der Waals surface area contributed by atoms with Crippen LogP contribution in [0.25, 0.3) is 11.1 Å². The lowest BCUT2D eigenvalue weighted by Gasteiger charge is -2.28. The van der Waals surface area contributed by atoms with Gasteiger partial charge in [0, 0.05) is 32.0 Å². The molecular weight excluding hydrogens is 410 g/mol. The second-order valence-electron chi connectivity index (χ2n) is 8.99. The van der Waals surface area contributed by atoms with Gasteiger partial charge < -0.3 is 10.2 Å². The predicted octanol–water partition coefficient (Wildman–Crippen LogP) is 4.20. The monoisotopic (exact) mass is 441 g/mol. The first-order chi connectivity index (χ1) is 16.0. The smallest absolute Gasteiger partial charge is 0.228 e. The van der Waals surface area contributed by atoms with Crippen LogP contribution in [0.15, 0.2) is 73.1 Å². The van der Waals surface area contributed by atoms with Gasteiger partial charge in [-0.05, 0) is 55.0 Å². The number of rotatable bonds is 7. The highest BCUT2D eigenvalue weighted by Crippen LogP contribution is 2.36. The van der Waals surface area contributed by atoms with Crippen molar-refractivity contribution in [2.45, 2.75) is 33.1 Å². The van der Waals surface area contributed by atoms with Crippen molar-refractivity contribution in [2.75, 3.05) is 19.6 Å². The van der Waals surface area contributed by atoms with Gasteiger partial charge >= 0.3 is 0 Å². The minimum absolute atomic E-state index is 0.0300. The van der Waals surface area contributed by atoms with E-state index in [1.165, 1.54) is 5.56 Å². The number of aryl methyl sites for hydroxylation is 1. The Morgan fingerprint density at radius 1 is 1.03 bits per heavy atom. The highest BCUT2D eigenvalue weighted by Gasteiger charge is 2.45. The summed E-state index contributed by atoms with van der Waals surface area (Å²) in [7, 11) is 0. The number of carbonyl (C=O) groups is 2. The third-order valence-corrected chi connectivity index (χ3v) is 6.46. The van der Waals surface area contributed by atoms with Crippen molar-refractivity contribution in [1.29, 1.82) is 0 Å². The molecule has 1 aliphatic rings. The van der Waals surface area contributed by atoms with Crippen LogP contribution in [0.5, 0.6) is 0 Å². The molecule has 2 amide bonds. The third kappa shape index (κ3) is 5.30. The van der Waals surface area contributed by atoms with Crippen molar-refractivity contribution in [3.05, 3.63) is 89.7 Å². The number of carbonyl (C=O) groups excluding carboxylic acids is 2. The van der Waals surface area contributed by atoms with E-state index in [4.69, 9.17) is 0 Å². The van der Waals surface area contributed by atoms with Crippen LogP contribution in [-0.4, -0.2) is 41.3 Å². The summed E-state index contributed by atoms with van der Waals surface area (Å²) in [5.41, 5.74) is 4.92. The average Bonchev–Trinajstić information content (AvgIpc) is 3.26. The number of hydrogen-bond donors (Lipinski definition) is 1. The van der Waals surface area contributed by atoms with Gasteiger partial charge in [0.25, 0.3) is 0 Å². The van der Waals surface area contributed by atoms with E-state index in [-0.39, 0.29) is 11.8 Å². The molecule has 1 atom stereocenters. The van der Waals surface area contributed by atoms with E-state index in [2.05, 4.69) is 65.8 Å². The zero-order valence-electron chi connectivity index (χ0n) is 19.4. The molecule has 170 valence electrons. The second kappa shape index (κ2) is 9.99. The Balaban J connectivity index is 1.54. The molecule has 1 fully saturated rings. The van der Waals surface area contributed by atoms with Crippen LogP contribution in [0.1, 0.15) is 30.0 Å². The van der Waals surface area contributed by atoms with E-state index >= 15 is 0 Å². The molecular formula is C28H31N3O2. The second-order valence-corrected chi connectivity index (χ2v) is 8.99. The Hall–Kier alpha value is -3.47. The zero-order valence-corrected chi connectivity index (χ0v) is 19.4. The minimum atomic E-state index is -0.619. The molecule has 1 N–H and O–H groups in total. The summed E-state index contributed by atoms with van der Waals surface area (Å²) in [6, 6.07) is 20.6. The average molecular weight is 442 g/mol. The zero-order chi connectivity index (χ0) is 23.3. The van der Waals surface area contributed by atoms with Crippen molar-refractivity contribution >= 4 is 11.8 Å². The molecule has 5 nitrogen and oxygen atoms in total. The van der Waals surface area contributed by atoms with Gasteiger partial charge in [0.1, 0.15) is 0 Å². The maximum atomic E-state index is 13.2. The van der Waals surface area contributed by atoms with Gasteiger partial charge in [0.05, 0.1) is 11.8 Å². The van der Waals surface area contributed by atoms with Gasteiger partial charge in [0.15, 0.2) is 0 Å². The summed E-state index contributed by atoms with van der Waals surface area (Å²) in [4.78, 5) is 32.1. The summed E-state index contributed by atoms with van der Waals surface area (Å²) in [5, 5.41) is 3.02. The lowest BCUT2D eigenvalue weighted by Crippen LogP contribution is -2.45. The lowest BCUT2D eigenvalue weighted by atomic mass is 9.79. The van der Waals surface area contributed by atoms with Gasteiger partial charge in [0.2, 0.25) is 11.8 Å². The molecule has 2 aromatic carbocycles. The maximum Gasteiger partial charge on any atom is 0.228 e. The molecule has 0 saturated carbocycles. The van der Waals surface area contributed by atoms with Gasteiger partial charge in [-0.1, -0.05) is 60.2 Å². The highest BCUT2D eigenvalue weighted by molar-refractivity contribution is 5.86. The topological polar surface area (TPSA) is 62.3 Å². The SMILES string of the molecule is CCNC(=O)C1(Cc2cccc(-c3ccc(C)cc3)c2)CCN(C(=O)Cc2cccnc2)C1. The third-order valence-electron chi connectivity index (χ3n) is 6.46. The van der Waals surface area contributed by atoms with E-state index in [0.29, 0.717) is 38.9 Å². The first-order valence-electron chi connectivity index (χ1n) is 11.6. The van der Waals surface area contributed by atoms with Gasteiger partial charge in [-0.15, -0.1) is 0 Å². The molecule has 4 rings (SSSR count). The minimum Gasteiger partial charge on any atom is -0.356 e. The maximum absolute atomic E-state index is 13.2. The molecule has 33 heavy (non-hydrogen) atoms. The van der Waals surface area contributed by atoms with E-state index in [1.807, 2.05) is 24.0 Å². The van der Waals surface area contributed by atoms with Gasteiger partial charge in [-0.2, -0.15) is 0 Å². The van der Waals surface area contributed by atoms with Crippen LogP contribution >= 0.6 is 0 Å². The van der Waals surface area contributed by atoms with E-state index in [9.17, 15) is 9.59 Å². The number of pyridine rings is 1. The molecule has 2 heterocycles. The van der Waals surface area contributed by atoms with E-state index in [0.717, 1.165) is 22.3 Å². The fourth-order valence-electron chi connectivity index (χ4n) is 4.63. The van der Waals surface area contributed by atoms with Crippen LogP contribution < -0.4 is 5.32 Å². The molecule has 1 saturated heterocycles. The summed E-state index contributed by atoms with van der Waals surface area (Å²) in [6.07, 6.45) is 5.00. The van der Waals surface area contributed by atoms with Crippen LogP contribution in [0.3, 0.4) is 0 Å². The molecule has 1 unspecified atom stereocenters.